The van der Waals surface area contributed by atoms with Crippen LogP contribution in [0.15, 0.2) is 72.3 Å². The van der Waals surface area contributed by atoms with Crippen molar-refractivity contribution in [1.82, 2.24) is 4.90 Å². The second kappa shape index (κ2) is 7.40. The fourth-order valence-corrected chi connectivity index (χ4v) is 3.18. The molecule has 1 heterocycles. The van der Waals surface area contributed by atoms with E-state index in [1.165, 1.54) is 5.57 Å². The average Bonchev–Trinajstić information content (AvgIpc) is 2.63. The summed E-state index contributed by atoms with van der Waals surface area (Å²) in [6.45, 7) is 5.84. The molecule has 0 unspecified atom stereocenters. The number of nitrogens with zero attached hydrogens (tertiary/aromatic N) is 1. The van der Waals surface area contributed by atoms with E-state index in [0.717, 1.165) is 30.6 Å². The Morgan fingerprint density at radius 2 is 1.68 bits per heavy atom. The summed E-state index contributed by atoms with van der Waals surface area (Å²) in [7, 11) is 0. The summed E-state index contributed by atoms with van der Waals surface area (Å²) in [4.78, 5) is 14.6. The van der Waals surface area contributed by atoms with E-state index in [1.807, 2.05) is 71.6 Å². The van der Waals surface area contributed by atoms with Gasteiger partial charge in [0.15, 0.2) is 0 Å². The fraction of sp³-hybridized carbons (Fsp3) is 0.261. The maximum atomic E-state index is 12.7. The van der Waals surface area contributed by atoms with E-state index in [4.69, 9.17) is 0 Å². The Balaban J connectivity index is 1.72. The molecular formula is C23H23NO. The van der Waals surface area contributed by atoms with Crippen LogP contribution in [0.2, 0.25) is 0 Å². The van der Waals surface area contributed by atoms with Crippen LogP contribution in [0.4, 0.5) is 0 Å². The number of hydrogen-bond donors (Lipinski definition) is 0. The predicted octanol–water partition coefficient (Wildman–Crippen LogP) is 4.54. The van der Waals surface area contributed by atoms with Gasteiger partial charge in [-0.2, -0.15) is 0 Å². The van der Waals surface area contributed by atoms with Crippen LogP contribution in [0.3, 0.4) is 0 Å². The first-order valence-corrected chi connectivity index (χ1v) is 8.67. The molecule has 126 valence electrons. The van der Waals surface area contributed by atoms with Crippen LogP contribution in [0.25, 0.3) is 0 Å². The highest BCUT2D eigenvalue weighted by atomic mass is 16.2. The van der Waals surface area contributed by atoms with Crippen LogP contribution in [-0.4, -0.2) is 23.9 Å². The van der Waals surface area contributed by atoms with Gasteiger partial charge >= 0.3 is 0 Å². The molecule has 0 bridgehead atoms. The van der Waals surface area contributed by atoms with Crippen molar-refractivity contribution in [1.29, 1.82) is 0 Å². The lowest BCUT2D eigenvalue weighted by molar-refractivity contribution is 0.0663. The fourth-order valence-electron chi connectivity index (χ4n) is 3.18. The first-order valence-electron chi connectivity index (χ1n) is 8.67. The third-order valence-corrected chi connectivity index (χ3v) is 4.65. The van der Waals surface area contributed by atoms with Gasteiger partial charge in [0, 0.05) is 29.6 Å². The minimum absolute atomic E-state index is 0.0615. The maximum Gasteiger partial charge on any atom is 0.253 e. The Morgan fingerprint density at radius 1 is 1.04 bits per heavy atom. The molecule has 0 N–H and O–H groups in total. The molecule has 0 spiro atoms. The highest BCUT2D eigenvalue weighted by molar-refractivity contribution is 5.94. The molecule has 0 atom stereocenters. The highest BCUT2D eigenvalue weighted by Gasteiger charge is 2.33. The molecule has 0 aromatic heterocycles. The minimum atomic E-state index is -0.0615. The molecule has 1 aliphatic heterocycles. The van der Waals surface area contributed by atoms with Crippen molar-refractivity contribution >= 4 is 5.91 Å². The van der Waals surface area contributed by atoms with Gasteiger partial charge in [0.05, 0.1) is 0 Å². The largest absolute Gasteiger partial charge is 0.337 e. The smallest absolute Gasteiger partial charge is 0.253 e. The van der Waals surface area contributed by atoms with Crippen molar-refractivity contribution in [2.75, 3.05) is 13.1 Å². The number of rotatable bonds is 1. The van der Waals surface area contributed by atoms with Crippen molar-refractivity contribution in [2.24, 2.45) is 5.41 Å². The number of benzene rings is 2. The molecule has 1 saturated heterocycles. The summed E-state index contributed by atoms with van der Waals surface area (Å²) >= 11 is 0. The molecule has 0 radical (unpaired) electrons. The first kappa shape index (κ1) is 17.0. The normalized spacial score (nSPS) is 17.7. The lowest BCUT2D eigenvalue weighted by Gasteiger charge is -2.40. The van der Waals surface area contributed by atoms with Crippen molar-refractivity contribution in [3.8, 4) is 11.8 Å². The van der Waals surface area contributed by atoms with Gasteiger partial charge in [-0.25, -0.2) is 0 Å². The summed E-state index contributed by atoms with van der Waals surface area (Å²) in [5.74, 6) is 6.48. The van der Waals surface area contributed by atoms with E-state index < -0.39 is 0 Å². The topological polar surface area (TPSA) is 20.3 Å². The molecule has 2 aromatic carbocycles. The monoisotopic (exact) mass is 329 g/mol. The minimum Gasteiger partial charge on any atom is -0.337 e. The third-order valence-electron chi connectivity index (χ3n) is 4.65. The molecule has 1 fully saturated rings. The van der Waals surface area contributed by atoms with E-state index in [0.29, 0.717) is 0 Å². The van der Waals surface area contributed by atoms with Crippen LogP contribution in [0.1, 0.15) is 36.2 Å². The molecule has 2 aromatic rings. The Bertz CT molecular complexity index is 823. The van der Waals surface area contributed by atoms with Crippen molar-refractivity contribution in [2.45, 2.75) is 20.3 Å². The van der Waals surface area contributed by atoms with Crippen LogP contribution in [0.5, 0.6) is 0 Å². The van der Waals surface area contributed by atoms with E-state index >= 15 is 0 Å². The Kier molecular flexibility index (Phi) is 5.05. The Hall–Kier alpha value is -2.79. The average molecular weight is 329 g/mol. The van der Waals surface area contributed by atoms with Crippen LogP contribution >= 0.6 is 0 Å². The van der Waals surface area contributed by atoms with E-state index in [2.05, 4.69) is 25.7 Å². The van der Waals surface area contributed by atoms with Gasteiger partial charge in [-0.3, -0.25) is 4.79 Å². The number of allylic oxidation sites excluding steroid dienone is 1. The standard InChI is InChI=1S/C23H23NO/c1-23(2)18-24(22(25)20-13-7-4-8-14-20)17-16-21(23)15-9-12-19-10-5-3-6-11-19/h3-8,10-11,13-15H,16-18H2,1-2H3/b21-15+. The number of carbonyl (C=O) groups excluding carboxylic acids is 1. The quantitative estimate of drug-likeness (QED) is 0.704. The van der Waals surface area contributed by atoms with Crippen molar-refractivity contribution < 1.29 is 4.79 Å². The Labute approximate surface area is 150 Å². The zero-order valence-corrected chi connectivity index (χ0v) is 14.8. The molecule has 1 amide bonds. The zero-order chi connectivity index (χ0) is 17.7. The summed E-state index contributed by atoms with van der Waals surface area (Å²) in [5, 5.41) is 0. The highest BCUT2D eigenvalue weighted by Crippen LogP contribution is 2.34. The van der Waals surface area contributed by atoms with Gasteiger partial charge in [-0.05, 0) is 36.8 Å². The van der Waals surface area contributed by atoms with Gasteiger partial charge in [0.1, 0.15) is 0 Å². The first-order chi connectivity index (χ1) is 12.1. The predicted molar refractivity (Wildman–Crippen MR) is 102 cm³/mol. The van der Waals surface area contributed by atoms with Crippen LogP contribution < -0.4 is 0 Å². The molecule has 0 aliphatic carbocycles. The molecule has 0 saturated carbocycles. The molecular weight excluding hydrogens is 306 g/mol. The zero-order valence-electron chi connectivity index (χ0n) is 14.8. The van der Waals surface area contributed by atoms with Gasteiger partial charge in [-0.1, -0.05) is 67.7 Å². The van der Waals surface area contributed by atoms with E-state index in [9.17, 15) is 4.79 Å². The number of piperidine rings is 1. The SMILES string of the molecule is CC1(C)CN(C(=O)c2ccccc2)CC/C1=C\C#Cc1ccccc1. The van der Waals surface area contributed by atoms with Gasteiger partial charge in [-0.15, -0.1) is 0 Å². The van der Waals surface area contributed by atoms with Gasteiger partial charge in [0.2, 0.25) is 0 Å². The van der Waals surface area contributed by atoms with E-state index in [-0.39, 0.29) is 11.3 Å². The van der Waals surface area contributed by atoms with Gasteiger partial charge < -0.3 is 4.90 Å². The maximum absolute atomic E-state index is 12.7. The summed E-state index contributed by atoms with van der Waals surface area (Å²) in [5.41, 5.74) is 3.03. The molecule has 3 rings (SSSR count). The van der Waals surface area contributed by atoms with Crippen molar-refractivity contribution in [3.05, 3.63) is 83.4 Å². The van der Waals surface area contributed by atoms with Crippen molar-refractivity contribution in [3.63, 3.8) is 0 Å². The third kappa shape index (κ3) is 4.19. The molecule has 25 heavy (non-hydrogen) atoms. The molecule has 2 heteroatoms. The van der Waals surface area contributed by atoms with Crippen LogP contribution in [-0.2, 0) is 0 Å². The van der Waals surface area contributed by atoms with E-state index in [1.54, 1.807) is 0 Å². The molecule has 1 aliphatic rings. The lowest BCUT2D eigenvalue weighted by atomic mass is 9.78. The second-order valence-electron chi connectivity index (χ2n) is 7.03. The van der Waals surface area contributed by atoms with Gasteiger partial charge in [0.25, 0.3) is 5.91 Å². The number of amides is 1. The summed E-state index contributed by atoms with van der Waals surface area (Å²) < 4.78 is 0. The summed E-state index contributed by atoms with van der Waals surface area (Å²) in [6, 6.07) is 19.5. The molecule has 2 nitrogen and oxygen atoms in total. The number of likely N-dealkylation sites (tertiary alicyclic amines) is 1. The Morgan fingerprint density at radius 3 is 2.32 bits per heavy atom. The van der Waals surface area contributed by atoms with Crippen LogP contribution in [0, 0.1) is 17.3 Å². The summed E-state index contributed by atoms with van der Waals surface area (Å²) in [6.07, 6.45) is 2.91. The number of carbonyl (C=O) groups is 1. The lowest BCUT2D eigenvalue weighted by Crippen LogP contribution is -2.44. The number of hydrogen-bond acceptors (Lipinski definition) is 1. The second-order valence-corrected chi connectivity index (χ2v) is 7.03.